The van der Waals surface area contributed by atoms with Gasteiger partial charge in [0, 0.05) is 19.7 Å². The minimum Gasteiger partial charge on any atom is -0.489 e. The van der Waals surface area contributed by atoms with Crippen LogP contribution < -0.4 is 10.1 Å². The van der Waals surface area contributed by atoms with Gasteiger partial charge in [0.25, 0.3) is 0 Å². The first-order chi connectivity index (χ1) is 11.8. The molecule has 0 aromatic heterocycles. The molecule has 0 bridgehead atoms. The van der Waals surface area contributed by atoms with Crippen LogP contribution in [0.3, 0.4) is 0 Å². The van der Waals surface area contributed by atoms with Gasteiger partial charge >= 0.3 is 0 Å². The van der Waals surface area contributed by atoms with Crippen molar-refractivity contribution < 1.29 is 9.47 Å². The lowest BCUT2D eigenvalue weighted by Crippen LogP contribution is -2.28. The Morgan fingerprint density at radius 2 is 1.79 bits per heavy atom. The number of benzene rings is 2. The van der Waals surface area contributed by atoms with Gasteiger partial charge in [0.15, 0.2) is 0 Å². The summed E-state index contributed by atoms with van der Waals surface area (Å²) in [6.45, 7) is 6.47. The van der Waals surface area contributed by atoms with E-state index in [0.717, 1.165) is 32.1 Å². The molecule has 24 heavy (non-hydrogen) atoms. The Labute approximate surface area is 145 Å². The van der Waals surface area contributed by atoms with E-state index in [2.05, 4.69) is 60.8 Å². The molecule has 3 heteroatoms. The largest absolute Gasteiger partial charge is 0.489 e. The van der Waals surface area contributed by atoms with Gasteiger partial charge in [-0.05, 0) is 48.9 Å². The summed E-state index contributed by atoms with van der Waals surface area (Å²) in [5.74, 6) is 1.58. The highest BCUT2D eigenvalue weighted by molar-refractivity contribution is 5.28. The zero-order chi connectivity index (χ0) is 16.6. The predicted octanol–water partition coefficient (Wildman–Crippen LogP) is 4.09. The van der Waals surface area contributed by atoms with E-state index in [4.69, 9.17) is 9.47 Å². The van der Waals surface area contributed by atoms with Gasteiger partial charge in [-0.15, -0.1) is 0 Å². The van der Waals surface area contributed by atoms with Gasteiger partial charge in [0.2, 0.25) is 0 Å². The molecule has 1 fully saturated rings. The third kappa shape index (κ3) is 5.36. The molecule has 2 aromatic carbocycles. The highest BCUT2D eigenvalue weighted by Crippen LogP contribution is 2.15. The van der Waals surface area contributed by atoms with Crippen LogP contribution in [0.5, 0.6) is 5.75 Å². The quantitative estimate of drug-likeness (QED) is 0.832. The van der Waals surface area contributed by atoms with Crippen molar-refractivity contribution in [1.29, 1.82) is 0 Å². The van der Waals surface area contributed by atoms with Gasteiger partial charge in [-0.25, -0.2) is 0 Å². The number of hydrogen-bond donors (Lipinski definition) is 1. The summed E-state index contributed by atoms with van der Waals surface area (Å²) in [5, 5.41) is 3.53. The molecule has 1 saturated heterocycles. The fourth-order valence-corrected chi connectivity index (χ4v) is 2.94. The van der Waals surface area contributed by atoms with Crippen molar-refractivity contribution in [3.63, 3.8) is 0 Å². The molecule has 1 unspecified atom stereocenters. The van der Waals surface area contributed by atoms with Gasteiger partial charge in [-0.2, -0.15) is 0 Å². The van der Waals surface area contributed by atoms with Crippen molar-refractivity contribution >= 4 is 0 Å². The van der Waals surface area contributed by atoms with E-state index < -0.39 is 0 Å². The molecule has 0 radical (unpaired) electrons. The molecular weight excluding hydrogens is 298 g/mol. The van der Waals surface area contributed by atoms with Crippen molar-refractivity contribution in [1.82, 2.24) is 5.32 Å². The SMILES string of the molecule is Cc1ccc(COc2ccc(CNCC3CCCOC3)cc2)cc1. The fraction of sp³-hybridized carbons (Fsp3) is 0.429. The number of rotatable bonds is 7. The highest BCUT2D eigenvalue weighted by Gasteiger charge is 2.12. The van der Waals surface area contributed by atoms with Crippen molar-refractivity contribution in [3.05, 3.63) is 65.2 Å². The maximum atomic E-state index is 5.85. The molecule has 0 aliphatic carbocycles. The van der Waals surface area contributed by atoms with Crippen molar-refractivity contribution in [2.75, 3.05) is 19.8 Å². The zero-order valence-electron chi connectivity index (χ0n) is 14.5. The summed E-state index contributed by atoms with van der Waals surface area (Å²) in [6, 6.07) is 16.8. The molecule has 0 spiro atoms. The molecule has 1 aliphatic heterocycles. The maximum Gasteiger partial charge on any atom is 0.119 e. The topological polar surface area (TPSA) is 30.5 Å². The molecule has 0 amide bonds. The van der Waals surface area contributed by atoms with Crippen LogP contribution in [-0.2, 0) is 17.9 Å². The van der Waals surface area contributed by atoms with Gasteiger partial charge < -0.3 is 14.8 Å². The van der Waals surface area contributed by atoms with Gasteiger partial charge in [0.1, 0.15) is 12.4 Å². The molecule has 3 rings (SSSR count). The van der Waals surface area contributed by atoms with E-state index in [1.54, 1.807) is 0 Å². The smallest absolute Gasteiger partial charge is 0.119 e. The molecule has 1 atom stereocenters. The molecule has 1 N–H and O–H groups in total. The second-order valence-corrected chi connectivity index (χ2v) is 6.63. The van der Waals surface area contributed by atoms with E-state index in [9.17, 15) is 0 Å². The fourth-order valence-electron chi connectivity index (χ4n) is 2.94. The van der Waals surface area contributed by atoms with Gasteiger partial charge in [-0.3, -0.25) is 0 Å². The third-order valence-electron chi connectivity index (χ3n) is 4.47. The lowest BCUT2D eigenvalue weighted by Gasteiger charge is -2.22. The average Bonchev–Trinajstić information content (AvgIpc) is 2.63. The van der Waals surface area contributed by atoms with Gasteiger partial charge in [0.05, 0.1) is 6.61 Å². The zero-order valence-corrected chi connectivity index (χ0v) is 14.5. The van der Waals surface area contributed by atoms with Crippen LogP contribution in [0.1, 0.15) is 29.5 Å². The van der Waals surface area contributed by atoms with Crippen molar-refractivity contribution in [2.45, 2.75) is 32.9 Å². The lowest BCUT2D eigenvalue weighted by atomic mass is 10.0. The average molecular weight is 325 g/mol. The van der Waals surface area contributed by atoms with Crippen molar-refractivity contribution in [2.24, 2.45) is 5.92 Å². The Bertz CT molecular complexity index is 601. The molecular formula is C21H27NO2. The maximum absolute atomic E-state index is 5.85. The third-order valence-corrected chi connectivity index (χ3v) is 4.47. The molecule has 1 aliphatic rings. The summed E-state index contributed by atoms with van der Waals surface area (Å²) < 4.78 is 11.4. The minimum atomic E-state index is 0.611. The van der Waals surface area contributed by atoms with Crippen LogP contribution in [0, 0.1) is 12.8 Å². The lowest BCUT2D eigenvalue weighted by molar-refractivity contribution is 0.0547. The van der Waals surface area contributed by atoms with Crippen LogP contribution in [0.15, 0.2) is 48.5 Å². The molecule has 128 valence electrons. The molecule has 3 nitrogen and oxygen atoms in total. The second kappa shape index (κ2) is 8.86. The number of nitrogens with one attached hydrogen (secondary N) is 1. The Hall–Kier alpha value is -1.84. The predicted molar refractivity (Wildman–Crippen MR) is 97.2 cm³/mol. The first-order valence-electron chi connectivity index (χ1n) is 8.85. The summed E-state index contributed by atoms with van der Waals surface area (Å²) in [4.78, 5) is 0. The van der Waals surface area contributed by atoms with E-state index >= 15 is 0 Å². The van der Waals surface area contributed by atoms with Gasteiger partial charge in [-0.1, -0.05) is 42.0 Å². The van der Waals surface area contributed by atoms with Crippen LogP contribution in [-0.4, -0.2) is 19.8 Å². The second-order valence-electron chi connectivity index (χ2n) is 6.63. The summed E-state index contributed by atoms with van der Waals surface area (Å²) in [5.41, 5.74) is 3.76. The monoisotopic (exact) mass is 325 g/mol. The number of aryl methyl sites for hydroxylation is 1. The number of ether oxygens (including phenoxy) is 2. The summed E-state index contributed by atoms with van der Waals surface area (Å²) in [6.07, 6.45) is 2.47. The molecule has 1 heterocycles. The summed E-state index contributed by atoms with van der Waals surface area (Å²) in [7, 11) is 0. The first kappa shape index (κ1) is 17.0. The first-order valence-corrected chi connectivity index (χ1v) is 8.85. The Morgan fingerprint density at radius 3 is 2.50 bits per heavy atom. The van der Waals surface area contributed by atoms with E-state index in [-0.39, 0.29) is 0 Å². The molecule has 2 aromatic rings. The van der Waals surface area contributed by atoms with E-state index in [1.165, 1.54) is 29.5 Å². The van der Waals surface area contributed by atoms with Crippen LogP contribution >= 0.6 is 0 Å². The Balaban J connectivity index is 1.40. The standard InChI is InChI=1S/C21H27NO2/c1-17-4-6-19(7-5-17)16-24-21-10-8-18(9-11-21)13-22-14-20-3-2-12-23-15-20/h4-11,20,22H,2-3,12-16H2,1H3. The van der Waals surface area contributed by atoms with E-state index in [0.29, 0.717) is 12.5 Å². The Morgan fingerprint density at radius 1 is 1.04 bits per heavy atom. The van der Waals surface area contributed by atoms with Crippen LogP contribution in [0.4, 0.5) is 0 Å². The summed E-state index contributed by atoms with van der Waals surface area (Å²) >= 11 is 0. The highest BCUT2D eigenvalue weighted by atomic mass is 16.5. The normalized spacial score (nSPS) is 17.6. The van der Waals surface area contributed by atoms with Crippen LogP contribution in [0.2, 0.25) is 0 Å². The van der Waals surface area contributed by atoms with Crippen molar-refractivity contribution in [3.8, 4) is 5.75 Å². The molecule has 0 saturated carbocycles. The Kier molecular flexibility index (Phi) is 6.27. The van der Waals surface area contributed by atoms with Crippen LogP contribution in [0.25, 0.3) is 0 Å². The van der Waals surface area contributed by atoms with E-state index in [1.807, 2.05) is 0 Å². The minimum absolute atomic E-state index is 0.611. The number of hydrogen-bond acceptors (Lipinski definition) is 3.